The average molecular weight is 275 g/mol. The van der Waals surface area contributed by atoms with Gasteiger partial charge in [0.1, 0.15) is 0 Å². The van der Waals surface area contributed by atoms with Crippen LogP contribution in [0.15, 0.2) is 24.3 Å². The number of aryl methyl sites for hydroxylation is 1. The summed E-state index contributed by atoms with van der Waals surface area (Å²) in [6.45, 7) is 6.11. The molecule has 1 aromatic heterocycles. The molecule has 6 nitrogen and oxygen atoms in total. The molecule has 0 bridgehead atoms. The van der Waals surface area contributed by atoms with Crippen molar-refractivity contribution >= 4 is 5.69 Å². The molecule has 1 N–H and O–H groups in total. The second kappa shape index (κ2) is 5.42. The number of hydrogen-bond acceptors (Lipinski definition) is 4. The number of benzene rings is 1. The molecule has 0 aliphatic carbocycles. The van der Waals surface area contributed by atoms with Crippen molar-refractivity contribution in [3.8, 4) is 0 Å². The molecule has 0 aliphatic rings. The van der Waals surface area contributed by atoms with Crippen LogP contribution in [0.1, 0.15) is 28.6 Å². The molecule has 0 spiro atoms. The van der Waals surface area contributed by atoms with Gasteiger partial charge in [0.05, 0.1) is 23.3 Å². The second-order valence-electron chi connectivity index (χ2n) is 4.85. The molecule has 2 aromatic rings. The van der Waals surface area contributed by atoms with Gasteiger partial charge in [0.25, 0.3) is 5.69 Å². The van der Waals surface area contributed by atoms with Crippen molar-refractivity contribution in [2.75, 3.05) is 0 Å². The van der Waals surface area contributed by atoms with Gasteiger partial charge < -0.3 is 5.11 Å². The zero-order chi connectivity index (χ0) is 14.9. The van der Waals surface area contributed by atoms with Crippen molar-refractivity contribution in [1.82, 2.24) is 9.78 Å². The number of nitro groups is 1. The number of hydrogen-bond donors (Lipinski definition) is 1. The van der Waals surface area contributed by atoms with E-state index in [1.54, 1.807) is 16.8 Å². The average Bonchev–Trinajstić information content (AvgIpc) is 2.66. The Morgan fingerprint density at radius 3 is 2.65 bits per heavy atom. The zero-order valence-corrected chi connectivity index (χ0v) is 11.7. The minimum atomic E-state index is -0.827. The van der Waals surface area contributed by atoms with E-state index in [9.17, 15) is 15.2 Å². The lowest BCUT2D eigenvalue weighted by Gasteiger charge is -2.12. The van der Waals surface area contributed by atoms with Crippen LogP contribution in [0.5, 0.6) is 0 Å². The first-order chi connectivity index (χ1) is 9.40. The van der Waals surface area contributed by atoms with E-state index >= 15 is 0 Å². The molecular formula is C14H17N3O3. The van der Waals surface area contributed by atoms with Gasteiger partial charge >= 0.3 is 0 Å². The highest BCUT2D eigenvalue weighted by Gasteiger charge is 2.15. The van der Waals surface area contributed by atoms with E-state index in [1.165, 1.54) is 12.1 Å². The first-order valence-electron chi connectivity index (χ1n) is 6.33. The van der Waals surface area contributed by atoms with Crippen molar-refractivity contribution in [2.45, 2.75) is 33.4 Å². The SMILES string of the molecule is Cc1nn(CC(O)c2cccc([N+](=O)[O-])c2)c(C)c1C. The number of aliphatic hydroxyl groups is 1. The van der Waals surface area contributed by atoms with Gasteiger partial charge in [0, 0.05) is 17.8 Å². The van der Waals surface area contributed by atoms with Crippen LogP contribution in [0.4, 0.5) is 5.69 Å². The fraction of sp³-hybridized carbons (Fsp3) is 0.357. The van der Waals surface area contributed by atoms with E-state index in [2.05, 4.69) is 5.10 Å². The highest BCUT2D eigenvalue weighted by molar-refractivity contribution is 5.35. The monoisotopic (exact) mass is 275 g/mol. The van der Waals surface area contributed by atoms with Crippen molar-refractivity contribution < 1.29 is 10.0 Å². The Balaban J connectivity index is 2.23. The third-order valence-corrected chi connectivity index (χ3v) is 3.55. The number of nitrogens with zero attached hydrogens (tertiary/aromatic N) is 3. The van der Waals surface area contributed by atoms with Gasteiger partial charge in [-0.3, -0.25) is 14.8 Å². The van der Waals surface area contributed by atoms with Gasteiger partial charge in [-0.25, -0.2) is 0 Å². The fourth-order valence-electron chi connectivity index (χ4n) is 2.08. The maximum atomic E-state index is 10.7. The van der Waals surface area contributed by atoms with Gasteiger partial charge in [-0.15, -0.1) is 0 Å². The number of rotatable bonds is 4. The van der Waals surface area contributed by atoms with Crippen molar-refractivity contribution in [2.24, 2.45) is 0 Å². The van der Waals surface area contributed by atoms with E-state index in [4.69, 9.17) is 0 Å². The molecular weight excluding hydrogens is 258 g/mol. The van der Waals surface area contributed by atoms with E-state index < -0.39 is 11.0 Å². The second-order valence-corrected chi connectivity index (χ2v) is 4.85. The molecule has 1 aromatic carbocycles. The Morgan fingerprint density at radius 1 is 1.40 bits per heavy atom. The minimum absolute atomic E-state index is 0.0221. The number of aromatic nitrogens is 2. The molecule has 106 valence electrons. The summed E-state index contributed by atoms with van der Waals surface area (Å²) in [5.74, 6) is 0. The summed E-state index contributed by atoms with van der Waals surface area (Å²) in [5.41, 5.74) is 3.51. The summed E-state index contributed by atoms with van der Waals surface area (Å²) in [6.07, 6.45) is -0.827. The molecule has 1 heterocycles. The van der Waals surface area contributed by atoms with Gasteiger partial charge in [-0.05, 0) is 31.9 Å². The van der Waals surface area contributed by atoms with Gasteiger partial charge in [0.15, 0.2) is 0 Å². The van der Waals surface area contributed by atoms with Crippen LogP contribution in [0.3, 0.4) is 0 Å². The number of nitro benzene ring substituents is 1. The summed E-state index contributed by atoms with van der Waals surface area (Å²) < 4.78 is 1.73. The van der Waals surface area contributed by atoms with Crippen LogP contribution < -0.4 is 0 Å². The van der Waals surface area contributed by atoms with E-state index in [-0.39, 0.29) is 12.2 Å². The third-order valence-electron chi connectivity index (χ3n) is 3.55. The summed E-state index contributed by atoms with van der Waals surface area (Å²) in [6, 6.07) is 6.05. The van der Waals surface area contributed by atoms with Gasteiger partial charge in [-0.2, -0.15) is 5.10 Å². The molecule has 0 fully saturated rings. The quantitative estimate of drug-likeness (QED) is 0.686. The Morgan fingerprint density at radius 2 is 2.10 bits per heavy atom. The van der Waals surface area contributed by atoms with E-state index in [1.807, 2.05) is 20.8 Å². The number of non-ortho nitro benzene ring substituents is 1. The normalized spacial score (nSPS) is 12.4. The highest BCUT2D eigenvalue weighted by Crippen LogP contribution is 2.21. The Bertz CT molecular complexity index is 649. The van der Waals surface area contributed by atoms with Gasteiger partial charge in [-0.1, -0.05) is 12.1 Å². The first-order valence-corrected chi connectivity index (χ1v) is 6.33. The smallest absolute Gasteiger partial charge is 0.269 e. The predicted molar refractivity (Wildman–Crippen MR) is 74.5 cm³/mol. The Hall–Kier alpha value is -2.21. The van der Waals surface area contributed by atoms with Crippen LogP contribution in [0, 0.1) is 30.9 Å². The lowest BCUT2D eigenvalue weighted by atomic mass is 10.1. The standard InChI is InChI=1S/C14H17N3O3/c1-9-10(2)15-16(11(9)3)8-14(18)12-5-4-6-13(7-12)17(19)20/h4-7,14,18H,8H2,1-3H3. The first kappa shape index (κ1) is 14.2. The van der Waals surface area contributed by atoms with Crippen molar-refractivity contribution in [3.05, 3.63) is 56.9 Å². The highest BCUT2D eigenvalue weighted by atomic mass is 16.6. The maximum absolute atomic E-state index is 10.7. The largest absolute Gasteiger partial charge is 0.386 e. The molecule has 20 heavy (non-hydrogen) atoms. The Labute approximate surface area is 116 Å². The molecule has 1 unspecified atom stereocenters. The molecule has 0 amide bonds. The molecule has 0 radical (unpaired) electrons. The van der Waals surface area contributed by atoms with E-state index in [0.29, 0.717) is 5.56 Å². The summed E-state index contributed by atoms with van der Waals surface area (Å²) >= 11 is 0. The molecule has 6 heteroatoms. The molecule has 0 aliphatic heterocycles. The molecule has 0 saturated carbocycles. The van der Waals surface area contributed by atoms with Crippen LogP contribution in [-0.4, -0.2) is 19.8 Å². The predicted octanol–water partition coefficient (Wildman–Crippen LogP) is 2.45. The summed E-state index contributed by atoms with van der Waals surface area (Å²) in [7, 11) is 0. The molecule has 1 atom stereocenters. The van der Waals surface area contributed by atoms with Crippen molar-refractivity contribution in [3.63, 3.8) is 0 Å². The van der Waals surface area contributed by atoms with E-state index in [0.717, 1.165) is 17.0 Å². The molecule has 0 saturated heterocycles. The lowest BCUT2D eigenvalue weighted by Crippen LogP contribution is -2.11. The maximum Gasteiger partial charge on any atom is 0.269 e. The minimum Gasteiger partial charge on any atom is -0.386 e. The lowest BCUT2D eigenvalue weighted by molar-refractivity contribution is -0.385. The number of aliphatic hydroxyl groups excluding tert-OH is 1. The topological polar surface area (TPSA) is 81.2 Å². The zero-order valence-electron chi connectivity index (χ0n) is 11.7. The fourth-order valence-corrected chi connectivity index (χ4v) is 2.08. The van der Waals surface area contributed by atoms with Crippen molar-refractivity contribution in [1.29, 1.82) is 0 Å². The van der Waals surface area contributed by atoms with Crippen LogP contribution in [0.2, 0.25) is 0 Å². The summed E-state index contributed by atoms with van der Waals surface area (Å²) in [5, 5.41) is 25.3. The van der Waals surface area contributed by atoms with Crippen LogP contribution in [0.25, 0.3) is 0 Å². The van der Waals surface area contributed by atoms with Crippen LogP contribution in [-0.2, 0) is 6.54 Å². The Kier molecular flexibility index (Phi) is 3.85. The summed E-state index contributed by atoms with van der Waals surface area (Å²) in [4.78, 5) is 10.3. The van der Waals surface area contributed by atoms with Gasteiger partial charge in [0.2, 0.25) is 0 Å². The third kappa shape index (κ3) is 2.70. The molecule has 2 rings (SSSR count). The van der Waals surface area contributed by atoms with Crippen LogP contribution >= 0.6 is 0 Å².